The van der Waals surface area contributed by atoms with Gasteiger partial charge in [-0.05, 0) is 40.7 Å². The summed E-state index contributed by atoms with van der Waals surface area (Å²) in [5.41, 5.74) is 0.748. The minimum absolute atomic E-state index is 0.0862. The van der Waals surface area contributed by atoms with Gasteiger partial charge in [-0.25, -0.2) is 4.57 Å². The molecule has 0 rings (SSSR count). The molecule has 0 bridgehead atoms. The highest BCUT2D eigenvalue weighted by atomic mass is 28.4. The molecule has 0 aromatic rings. The van der Waals surface area contributed by atoms with Gasteiger partial charge in [-0.15, -0.1) is 0 Å². The van der Waals surface area contributed by atoms with Crippen molar-refractivity contribution in [2.24, 2.45) is 0 Å². The summed E-state index contributed by atoms with van der Waals surface area (Å²) in [5.74, 6) is -3.37. The van der Waals surface area contributed by atoms with Gasteiger partial charge in [0.15, 0.2) is 0 Å². The number of hydrogen-bond acceptors (Lipinski definition) is 10. The van der Waals surface area contributed by atoms with Crippen LogP contribution < -0.4 is 0 Å². The Morgan fingerprint density at radius 3 is 1.44 bits per heavy atom. The summed E-state index contributed by atoms with van der Waals surface area (Å²) < 4.78 is 34.2. The molecule has 0 spiro atoms. The van der Waals surface area contributed by atoms with Gasteiger partial charge in [0.2, 0.25) is 5.91 Å². The largest absolute Gasteiger partial charge is 0.855 e. The topological polar surface area (TPSA) is 127 Å². The lowest BCUT2D eigenvalue weighted by Crippen LogP contribution is -2.64. The molecule has 0 aliphatic heterocycles. The summed E-state index contributed by atoms with van der Waals surface area (Å²) in [6.45, 7) is 16.4. The fourth-order valence-corrected chi connectivity index (χ4v) is 8.03. The zero-order valence-electron chi connectivity index (χ0n) is 21.3. The van der Waals surface area contributed by atoms with E-state index in [-0.39, 0.29) is 18.2 Å². The second kappa shape index (κ2) is 14.8. The van der Waals surface area contributed by atoms with Crippen LogP contribution >= 0.6 is 0 Å². The average molecular weight is 520 g/mol. The fraction of sp³-hybridized carbons (Fsp3) is 0.619. The van der Waals surface area contributed by atoms with Crippen LogP contribution in [-0.2, 0) is 45.7 Å². The molecule has 194 valence electrons. The van der Waals surface area contributed by atoms with Gasteiger partial charge < -0.3 is 26.6 Å². The van der Waals surface area contributed by atoms with Gasteiger partial charge in [-0.1, -0.05) is 12.2 Å². The first-order valence-corrected chi connectivity index (χ1v) is 14.6. The molecule has 0 N–H and O–H groups in total. The molecular weight excluding hydrogens is 482 g/mol. The third-order valence-corrected chi connectivity index (χ3v) is 9.72. The second-order valence-corrected chi connectivity index (χ2v) is 12.0. The number of nitrogens with zero attached hydrogens (tertiary/aromatic N) is 1. The predicted molar refractivity (Wildman–Crippen MR) is 127 cm³/mol. The molecule has 13 heteroatoms. The van der Waals surface area contributed by atoms with Crippen LogP contribution in [0.4, 0.5) is 0 Å². The quantitative estimate of drug-likeness (QED) is 0.235. The van der Waals surface area contributed by atoms with Crippen LogP contribution in [0.25, 0.3) is 0 Å². The molecule has 0 aliphatic rings. The Kier molecular flexibility index (Phi) is 13.8. The van der Waals surface area contributed by atoms with E-state index in [9.17, 15) is 19.2 Å². The molecular formula is C21H37NO10Si2. The molecule has 0 aromatic heterocycles. The van der Waals surface area contributed by atoms with Gasteiger partial charge in [0, 0.05) is 58.8 Å². The van der Waals surface area contributed by atoms with Crippen molar-refractivity contribution in [1.82, 2.24) is 4.57 Å². The highest BCUT2D eigenvalue weighted by molar-refractivity contribution is 6.66. The van der Waals surface area contributed by atoms with Crippen LogP contribution in [-0.4, -0.2) is 66.0 Å². The first-order valence-electron chi connectivity index (χ1n) is 10.9. The van der Waals surface area contributed by atoms with E-state index >= 15 is 0 Å². The van der Waals surface area contributed by atoms with Crippen LogP contribution in [0.15, 0.2) is 23.9 Å². The Balaban J connectivity index is 6.59. The summed E-state index contributed by atoms with van der Waals surface area (Å²) in [6, 6.07) is 0.0862. The zero-order valence-corrected chi connectivity index (χ0v) is 23.3. The van der Waals surface area contributed by atoms with Crippen molar-refractivity contribution < 1.29 is 45.7 Å². The smallest absolute Gasteiger partial charge is 0.438 e. The molecule has 0 heterocycles. The summed E-state index contributed by atoms with van der Waals surface area (Å²) in [6.07, 6.45) is 1.31. The molecule has 0 aliphatic carbocycles. The van der Waals surface area contributed by atoms with E-state index in [2.05, 4.69) is 6.58 Å². The van der Waals surface area contributed by atoms with Crippen molar-refractivity contribution in [2.45, 2.75) is 67.9 Å². The maximum Gasteiger partial charge on any atom is 0.855 e. The third-order valence-electron chi connectivity index (χ3n) is 3.89. The van der Waals surface area contributed by atoms with E-state index in [4.69, 9.17) is 26.6 Å². The Hall–Kier alpha value is -2.33. The van der Waals surface area contributed by atoms with Crippen LogP contribution in [0.1, 0.15) is 61.8 Å². The lowest BCUT2D eigenvalue weighted by Gasteiger charge is -2.35. The number of rotatable bonds is 15. The van der Waals surface area contributed by atoms with Gasteiger partial charge in [-0.3, -0.25) is 19.2 Å². The van der Waals surface area contributed by atoms with E-state index in [0.717, 1.165) is 25.3 Å². The van der Waals surface area contributed by atoms with Crippen molar-refractivity contribution in [1.29, 1.82) is 0 Å². The first-order chi connectivity index (χ1) is 15.8. The molecule has 0 saturated heterocycles. The lowest BCUT2D eigenvalue weighted by molar-refractivity contribution is -0.152. The molecule has 0 radical (unpaired) electrons. The van der Waals surface area contributed by atoms with Gasteiger partial charge in [0.1, 0.15) is 0 Å². The van der Waals surface area contributed by atoms with E-state index in [0.29, 0.717) is 25.4 Å². The minimum Gasteiger partial charge on any atom is -0.438 e. The average Bonchev–Trinajstić information content (AvgIpc) is 2.64. The maximum atomic E-state index is 13.6. The predicted octanol–water partition coefficient (Wildman–Crippen LogP) is 2.86. The molecule has 0 saturated carbocycles. The summed E-state index contributed by atoms with van der Waals surface area (Å²) in [7, 11) is -7.96. The Labute approximate surface area is 203 Å². The summed E-state index contributed by atoms with van der Waals surface area (Å²) in [5, 5.41) is 0. The van der Waals surface area contributed by atoms with Gasteiger partial charge in [0.05, 0.1) is 0 Å². The summed E-state index contributed by atoms with van der Waals surface area (Å²) in [4.78, 5) is 49.5. The molecule has 1 amide bonds. The van der Waals surface area contributed by atoms with E-state index in [1.165, 1.54) is 13.0 Å². The van der Waals surface area contributed by atoms with Crippen molar-refractivity contribution in [3.8, 4) is 0 Å². The molecule has 0 unspecified atom stereocenters. The third kappa shape index (κ3) is 10.3. The minimum atomic E-state index is -4.74. The Morgan fingerprint density at radius 2 is 1.15 bits per heavy atom. The van der Waals surface area contributed by atoms with Gasteiger partial charge in [0.25, 0.3) is 17.9 Å². The van der Waals surface area contributed by atoms with Crippen molar-refractivity contribution in [2.75, 3.05) is 19.8 Å². The van der Waals surface area contributed by atoms with Crippen molar-refractivity contribution in [3.05, 3.63) is 23.9 Å². The second-order valence-electron chi connectivity index (χ2n) is 7.15. The molecule has 0 aromatic carbocycles. The van der Waals surface area contributed by atoms with E-state index in [1.54, 1.807) is 27.7 Å². The SMILES string of the molecule is C=C(C)C=C(C)N(C(=O)CC[Si](OCC)(OCC)OCC)[Si](OC(C)=O)(OC(C)=O)OC(C)=O. The normalized spacial score (nSPS) is 12.1. The highest BCUT2D eigenvalue weighted by Crippen LogP contribution is 2.27. The molecule has 0 fully saturated rings. The monoisotopic (exact) mass is 519 g/mol. The Morgan fingerprint density at radius 1 is 0.765 bits per heavy atom. The molecule has 34 heavy (non-hydrogen) atoms. The number of allylic oxidation sites excluding steroid dienone is 3. The number of carbonyl (C=O) groups excluding carboxylic acids is 4. The van der Waals surface area contributed by atoms with Gasteiger partial charge >= 0.3 is 17.8 Å². The van der Waals surface area contributed by atoms with E-state index < -0.39 is 41.6 Å². The summed E-state index contributed by atoms with van der Waals surface area (Å²) >= 11 is 0. The number of amides is 1. The fourth-order valence-electron chi connectivity index (χ4n) is 3.10. The van der Waals surface area contributed by atoms with Crippen LogP contribution in [0, 0.1) is 0 Å². The Bertz CT molecular complexity index is 726. The lowest BCUT2D eigenvalue weighted by atomic mass is 10.3. The number of carbonyl (C=O) groups is 4. The standard InChI is InChI=1S/C21H37NO10Si2/c1-10-27-33(28-11-2,29-12-3)14-13-21(26)22(17(6)15-16(4)5)34(30-18(7)23,31-19(8)24)32-20(9)25/h15H,4,10-14H2,1-3,5-9H3. The maximum absolute atomic E-state index is 13.6. The van der Waals surface area contributed by atoms with Crippen LogP contribution in [0.5, 0.6) is 0 Å². The first kappa shape index (κ1) is 31.7. The van der Waals surface area contributed by atoms with E-state index in [1.807, 2.05) is 0 Å². The number of hydrogen-bond donors (Lipinski definition) is 0. The molecule has 0 atom stereocenters. The van der Waals surface area contributed by atoms with Crippen LogP contribution in [0.3, 0.4) is 0 Å². The van der Waals surface area contributed by atoms with Crippen molar-refractivity contribution >= 4 is 41.6 Å². The van der Waals surface area contributed by atoms with Crippen LogP contribution in [0.2, 0.25) is 6.04 Å². The molecule has 11 nitrogen and oxygen atoms in total. The van der Waals surface area contributed by atoms with Gasteiger partial charge in [-0.2, -0.15) is 0 Å². The zero-order chi connectivity index (χ0) is 26.5. The highest BCUT2D eigenvalue weighted by Gasteiger charge is 2.63. The van der Waals surface area contributed by atoms with Crippen molar-refractivity contribution in [3.63, 3.8) is 0 Å².